The van der Waals surface area contributed by atoms with E-state index in [0.29, 0.717) is 6.04 Å². The van der Waals surface area contributed by atoms with E-state index >= 15 is 0 Å². The molecule has 2 rings (SSSR count). The van der Waals surface area contributed by atoms with Crippen molar-refractivity contribution >= 4 is 5.69 Å². The van der Waals surface area contributed by atoms with Gasteiger partial charge in [0.25, 0.3) is 0 Å². The van der Waals surface area contributed by atoms with Crippen molar-refractivity contribution in [3.05, 3.63) is 29.3 Å². The summed E-state index contributed by atoms with van der Waals surface area (Å²) in [6.07, 6.45) is 3.89. The van der Waals surface area contributed by atoms with Gasteiger partial charge in [-0.05, 0) is 51.7 Å². The number of nitrogens with one attached hydrogen (secondary N) is 1. The third-order valence-corrected chi connectivity index (χ3v) is 4.17. The van der Waals surface area contributed by atoms with Gasteiger partial charge in [-0.15, -0.1) is 0 Å². The third kappa shape index (κ3) is 3.73. The molecule has 19 heavy (non-hydrogen) atoms. The zero-order valence-corrected chi connectivity index (χ0v) is 12.9. The highest BCUT2D eigenvalue weighted by Crippen LogP contribution is 2.26. The van der Waals surface area contributed by atoms with Crippen molar-refractivity contribution in [2.45, 2.75) is 65.6 Å². The van der Waals surface area contributed by atoms with Crippen LogP contribution in [0.5, 0.6) is 0 Å². The molecule has 1 aliphatic carbocycles. The first-order chi connectivity index (χ1) is 9.15. The average molecular weight is 260 g/mol. The Bertz CT molecular complexity index is 410. The monoisotopic (exact) mass is 260 g/mol. The van der Waals surface area contributed by atoms with E-state index in [2.05, 4.69) is 56.1 Å². The lowest BCUT2D eigenvalue weighted by molar-refractivity contribution is 0.621. The summed E-state index contributed by atoms with van der Waals surface area (Å²) in [5.74, 6) is 0. The van der Waals surface area contributed by atoms with E-state index in [4.69, 9.17) is 0 Å². The maximum absolute atomic E-state index is 3.65. The molecule has 1 N–H and O–H groups in total. The van der Waals surface area contributed by atoms with Crippen LogP contribution < -0.4 is 10.2 Å². The van der Waals surface area contributed by atoms with Crippen LogP contribution in [0.1, 0.15) is 51.2 Å². The zero-order valence-electron chi connectivity index (χ0n) is 12.9. The molecule has 1 saturated carbocycles. The summed E-state index contributed by atoms with van der Waals surface area (Å²) < 4.78 is 0. The van der Waals surface area contributed by atoms with Gasteiger partial charge in [-0.3, -0.25) is 0 Å². The van der Waals surface area contributed by atoms with Gasteiger partial charge in [0.2, 0.25) is 0 Å². The first kappa shape index (κ1) is 14.4. The van der Waals surface area contributed by atoms with Crippen molar-refractivity contribution in [3.8, 4) is 0 Å². The summed E-state index contributed by atoms with van der Waals surface area (Å²) in [6.45, 7) is 11.1. The fraction of sp³-hybridized carbons (Fsp3) is 0.647. The van der Waals surface area contributed by atoms with Crippen molar-refractivity contribution in [1.82, 2.24) is 5.32 Å². The summed E-state index contributed by atoms with van der Waals surface area (Å²) >= 11 is 0. The van der Waals surface area contributed by atoms with Crippen molar-refractivity contribution in [3.63, 3.8) is 0 Å². The minimum Gasteiger partial charge on any atom is -0.369 e. The Labute approximate surface area is 118 Å². The minimum absolute atomic E-state index is 0.604. The number of rotatable bonds is 7. The largest absolute Gasteiger partial charge is 0.369 e. The molecule has 0 spiro atoms. The van der Waals surface area contributed by atoms with E-state index in [1.807, 2.05) is 0 Å². The molecule has 2 heteroatoms. The predicted molar refractivity (Wildman–Crippen MR) is 83.8 cm³/mol. The lowest BCUT2D eigenvalue weighted by Gasteiger charge is -2.31. The molecule has 0 bridgehead atoms. The first-order valence-electron chi connectivity index (χ1n) is 7.75. The second-order valence-electron chi connectivity index (χ2n) is 5.83. The van der Waals surface area contributed by atoms with Gasteiger partial charge in [-0.25, -0.2) is 0 Å². The van der Waals surface area contributed by atoms with Gasteiger partial charge in [-0.1, -0.05) is 24.6 Å². The van der Waals surface area contributed by atoms with E-state index in [-0.39, 0.29) is 0 Å². The number of aryl methyl sites for hydroxylation is 1. The lowest BCUT2D eigenvalue weighted by atomic mass is 10.1. The smallest absolute Gasteiger partial charge is 0.0414 e. The third-order valence-electron chi connectivity index (χ3n) is 4.17. The standard InChI is InChI=1S/C17H28N2/c1-5-14(4)19(6-2)17-10-7-13(3)11-15(17)12-18-16-8-9-16/h7,10-11,14,16,18H,5-6,8-9,12H2,1-4H3. The Morgan fingerprint density at radius 1 is 1.32 bits per heavy atom. The molecule has 1 aromatic rings. The molecule has 0 aliphatic heterocycles. The van der Waals surface area contributed by atoms with Gasteiger partial charge in [-0.2, -0.15) is 0 Å². The Morgan fingerprint density at radius 3 is 2.63 bits per heavy atom. The van der Waals surface area contributed by atoms with Gasteiger partial charge in [0, 0.05) is 30.9 Å². The van der Waals surface area contributed by atoms with Gasteiger partial charge < -0.3 is 10.2 Å². The summed E-state index contributed by atoms with van der Waals surface area (Å²) in [4.78, 5) is 2.53. The molecule has 1 aromatic carbocycles. The van der Waals surface area contributed by atoms with Crippen molar-refractivity contribution < 1.29 is 0 Å². The second-order valence-corrected chi connectivity index (χ2v) is 5.83. The Hall–Kier alpha value is -1.02. The van der Waals surface area contributed by atoms with Crippen LogP contribution in [0.15, 0.2) is 18.2 Å². The quantitative estimate of drug-likeness (QED) is 0.800. The summed E-state index contributed by atoms with van der Waals surface area (Å²) in [5.41, 5.74) is 4.22. The van der Waals surface area contributed by atoms with Crippen LogP contribution >= 0.6 is 0 Å². The number of benzene rings is 1. The van der Waals surface area contributed by atoms with E-state index in [9.17, 15) is 0 Å². The van der Waals surface area contributed by atoms with Crippen molar-refractivity contribution in [1.29, 1.82) is 0 Å². The SMILES string of the molecule is CCC(C)N(CC)c1ccc(C)cc1CNC1CC1. The fourth-order valence-electron chi connectivity index (χ4n) is 2.62. The molecule has 1 unspecified atom stereocenters. The van der Waals surface area contributed by atoms with Gasteiger partial charge >= 0.3 is 0 Å². The molecule has 0 amide bonds. The molecule has 0 aromatic heterocycles. The molecule has 1 fully saturated rings. The number of hydrogen-bond acceptors (Lipinski definition) is 2. The Balaban J connectivity index is 2.20. The zero-order chi connectivity index (χ0) is 13.8. The van der Waals surface area contributed by atoms with Crippen LogP contribution in [0, 0.1) is 6.92 Å². The topological polar surface area (TPSA) is 15.3 Å². The number of anilines is 1. The highest BCUT2D eigenvalue weighted by Gasteiger charge is 2.21. The molecule has 0 radical (unpaired) electrons. The Morgan fingerprint density at radius 2 is 2.05 bits per heavy atom. The lowest BCUT2D eigenvalue weighted by Crippen LogP contribution is -2.33. The fourth-order valence-corrected chi connectivity index (χ4v) is 2.62. The van der Waals surface area contributed by atoms with Crippen molar-refractivity contribution in [2.24, 2.45) is 0 Å². The van der Waals surface area contributed by atoms with Crippen LogP contribution in [0.2, 0.25) is 0 Å². The molecule has 1 aliphatic rings. The van der Waals surface area contributed by atoms with Crippen molar-refractivity contribution in [2.75, 3.05) is 11.4 Å². The van der Waals surface area contributed by atoms with Crippen LogP contribution in [0.25, 0.3) is 0 Å². The molecular formula is C17H28N2. The maximum Gasteiger partial charge on any atom is 0.0414 e. The summed E-state index contributed by atoms with van der Waals surface area (Å²) in [6, 6.07) is 8.26. The average Bonchev–Trinajstić information content (AvgIpc) is 3.23. The van der Waals surface area contributed by atoms with Crippen LogP contribution in [-0.4, -0.2) is 18.6 Å². The van der Waals surface area contributed by atoms with E-state index in [1.54, 1.807) is 0 Å². The van der Waals surface area contributed by atoms with E-state index < -0.39 is 0 Å². The normalized spacial score (nSPS) is 16.4. The highest BCUT2D eigenvalue weighted by atomic mass is 15.2. The molecule has 2 nitrogen and oxygen atoms in total. The van der Waals surface area contributed by atoms with E-state index in [0.717, 1.165) is 19.1 Å². The molecule has 0 heterocycles. The van der Waals surface area contributed by atoms with Gasteiger partial charge in [0.05, 0.1) is 0 Å². The molecule has 106 valence electrons. The molecular weight excluding hydrogens is 232 g/mol. The summed E-state index contributed by atoms with van der Waals surface area (Å²) in [5, 5.41) is 3.65. The van der Waals surface area contributed by atoms with Gasteiger partial charge in [0.15, 0.2) is 0 Å². The first-order valence-corrected chi connectivity index (χ1v) is 7.75. The Kier molecular flexibility index (Phi) is 4.87. The van der Waals surface area contributed by atoms with Crippen LogP contribution in [0.3, 0.4) is 0 Å². The molecule has 1 atom stereocenters. The molecule has 0 saturated heterocycles. The predicted octanol–water partition coefficient (Wildman–Crippen LogP) is 3.87. The summed E-state index contributed by atoms with van der Waals surface area (Å²) in [7, 11) is 0. The number of nitrogens with zero attached hydrogens (tertiary/aromatic N) is 1. The highest BCUT2D eigenvalue weighted by molar-refractivity contribution is 5.55. The van der Waals surface area contributed by atoms with Crippen LogP contribution in [0.4, 0.5) is 5.69 Å². The number of hydrogen-bond donors (Lipinski definition) is 1. The second kappa shape index (κ2) is 6.42. The minimum atomic E-state index is 0.604. The van der Waals surface area contributed by atoms with Gasteiger partial charge in [0.1, 0.15) is 0 Å². The van der Waals surface area contributed by atoms with Crippen LogP contribution in [-0.2, 0) is 6.54 Å². The van der Waals surface area contributed by atoms with E-state index in [1.165, 1.54) is 36.1 Å². The maximum atomic E-state index is 3.65.